The van der Waals surface area contributed by atoms with Gasteiger partial charge in [-0.25, -0.2) is 0 Å². The summed E-state index contributed by atoms with van der Waals surface area (Å²) in [6, 6.07) is 14.9. The third-order valence-corrected chi connectivity index (χ3v) is 3.72. The Morgan fingerprint density at radius 2 is 1.92 bits per heavy atom. The summed E-state index contributed by atoms with van der Waals surface area (Å²) < 4.78 is 5.38. The van der Waals surface area contributed by atoms with Gasteiger partial charge >= 0.3 is 0 Å². The van der Waals surface area contributed by atoms with E-state index in [1.165, 1.54) is 0 Å². The fourth-order valence-corrected chi connectivity index (χ4v) is 2.22. The quantitative estimate of drug-likeness (QED) is 0.662. The van der Waals surface area contributed by atoms with Crippen LogP contribution in [-0.4, -0.2) is 12.5 Å². The molecule has 0 aliphatic rings. The number of anilines is 1. The van der Waals surface area contributed by atoms with Gasteiger partial charge in [0, 0.05) is 5.69 Å². The normalized spacial score (nSPS) is 10.8. The highest BCUT2D eigenvalue weighted by atomic mass is 16.5. The predicted octanol–water partition coefficient (Wildman–Crippen LogP) is 4.25. The third-order valence-electron chi connectivity index (χ3n) is 3.72. The van der Waals surface area contributed by atoms with Crippen molar-refractivity contribution in [3.05, 3.63) is 64.7 Å². The number of amides is 1. The van der Waals surface area contributed by atoms with E-state index in [9.17, 15) is 10.1 Å². The molecule has 4 heteroatoms. The van der Waals surface area contributed by atoms with E-state index in [0.717, 1.165) is 22.4 Å². The van der Waals surface area contributed by atoms with Crippen molar-refractivity contribution in [1.29, 1.82) is 5.26 Å². The lowest BCUT2D eigenvalue weighted by Gasteiger charge is -2.10. The molecule has 0 saturated carbocycles. The highest BCUT2D eigenvalue weighted by Crippen LogP contribution is 2.19. The fraction of sp³-hybridized carbons (Fsp3) is 0.200. The number of benzene rings is 2. The number of nitrogens with one attached hydrogen (secondary N) is 1. The van der Waals surface area contributed by atoms with E-state index in [1.54, 1.807) is 6.08 Å². The van der Waals surface area contributed by atoms with E-state index in [2.05, 4.69) is 5.32 Å². The maximum atomic E-state index is 12.4. The zero-order chi connectivity index (χ0) is 17.5. The van der Waals surface area contributed by atoms with Crippen LogP contribution in [0.2, 0.25) is 0 Å². The van der Waals surface area contributed by atoms with Gasteiger partial charge < -0.3 is 10.1 Å². The standard InChI is InChI=1S/C20H20N2O2/c1-4-24-18-10-8-16(9-11-18)12-17(13-21)20(23)22-19-7-5-6-14(2)15(19)3/h5-12H,4H2,1-3H3,(H,22,23)/b17-12-. The lowest BCUT2D eigenvalue weighted by Crippen LogP contribution is -2.14. The Bertz CT molecular complexity index is 799. The first-order valence-electron chi connectivity index (χ1n) is 7.77. The molecular formula is C20H20N2O2. The lowest BCUT2D eigenvalue weighted by molar-refractivity contribution is -0.112. The number of nitrogens with zero attached hydrogens (tertiary/aromatic N) is 1. The molecule has 24 heavy (non-hydrogen) atoms. The summed E-state index contributed by atoms with van der Waals surface area (Å²) in [7, 11) is 0. The molecule has 0 aliphatic heterocycles. The summed E-state index contributed by atoms with van der Waals surface area (Å²) >= 11 is 0. The zero-order valence-electron chi connectivity index (χ0n) is 14.1. The second kappa shape index (κ2) is 7.98. The molecular weight excluding hydrogens is 300 g/mol. The first kappa shape index (κ1) is 17.3. The zero-order valence-corrected chi connectivity index (χ0v) is 14.1. The van der Waals surface area contributed by atoms with Gasteiger partial charge in [-0.15, -0.1) is 0 Å². The molecule has 0 heterocycles. The molecule has 0 aromatic heterocycles. The minimum absolute atomic E-state index is 0.0556. The van der Waals surface area contributed by atoms with Crippen molar-refractivity contribution in [2.75, 3.05) is 11.9 Å². The van der Waals surface area contributed by atoms with Gasteiger partial charge in [0.1, 0.15) is 17.4 Å². The second-order valence-corrected chi connectivity index (χ2v) is 5.37. The molecule has 1 N–H and O–H groups in total. The smallest absolute Gasteiger partial charge is 0.266 e. The van der Waals surface area contributed by atoms with Crippen molar-refractivity contribution in [3.8, 4) is 11.8 Å². The number of carbonyl (C=O) groups excluding carboxylic acids is 1. The van der Waals surface area contributed by atoms with E-state index < -0.39 is 5.91 Å². The molecule has 4 nitrogen and oxygen atoms in total. The van der Waals surface area contributed by atoms with Gasteiger partial charge in [0.15, 0.2) is 0 Å². The Morgan fingerprint density at radius 3 is 2.54 bits per heavy atom. The van der Waals surface area contributed by atoms with Crippen LogP contribution in [0.3, 0.4) is 0 Å². The molecule has 0 fully saturated rings. The average Bonchev–Trinajstić information content (AvgIpc) is 2.58. The second-order valence-electron chi connectivity index (χ2n) is 5.37. The predicted molar refractivity (Wildman–Crippen MR) is 95.7 cm³/mol. The fourth-order valence-electron chi connectivity index (χ4n) is 2.22. The average molecular weight is 320 g/mol. The molecule has 0 spiro atoms. The Labute approximate surface area is 142 Å². The van der Waals surface area contributed by atoms with Crippen LogP contribution in [0.5, 0.6) is 5.75 Å². The van der Waals surface area contributed by atoms with E-state index in [1.807, 2.05) is 69.3 Å². The highest BCUT2D eigenvalue weighted by Gasteiger charge is 2.11. The molecule has 0 radical (unpaired) electrons. The molecule has 2 aromatic carbocycles. The minimum atomic E-state index is -0.417. The summed E-state index contributed by atoms with van der Waals surface area (Å²) in [5.41, 5.74) is 3.62. The Morgan fingerprint density at radius 1 is 1.21 bits per heavy atom. The van der Waals surface area contributed by atoms with Crippen molar-refractivity contribution in [2.45, 2.75) is 20.8 Å². The van der Waals surface area contributed by atoms with E-state index >= 15 is 0 Å². The SMILES string of the molecule is CCOc1ccc(/C=C(/C#N)C(=O)Nc2cccc(C)c2C)cc1. The van der Waals surface area contributed by atoms with Crippen LogP contribution in [0.1, 0.15) is 23.6 Å². The molecule has 0 bridgehead atoms. The van der Waals surface area contributed by atoms with Crippen LogP contribution < -0.4 is 10.1 Å². The molecule has 0 atom stereocenters. The number of aryl methyl sites for hydroxylation is 1. The van der Waals surface area contributed by atoms with Gasteiger partial charge in [-0.1, -0.05) is 24.3 Å². The van der Waals surface area contributed by atoms with Gasteiger partial charge in [-0.05, 0) is 61.7 Å². The van der Waals surface area contributed by atoms with Crippen molar-refractivity contribution in [3.63, 3.8) is 0 Å². The molecule has 1 amide bonds. The molecule has 0 saturated heterocycles. The lowest BCUT2D eigenvalue weighted by atomic mass is 10.1. The van der Waals surface area contributed by atoms with Crippen LogP contribution in [0.4, 0.5) is 5.69 Å². The Kier molecular flexibility index (Phi) is 5.75. The maximum absolute atomic E-state index is 12.4. The largest absolute Gasteiger partial charge is 0.494 e. The topological polar surface area (TPSA) is 62.1 Å². The minimum Gasteiger partial charge on any atom is -0.494 e. The van der Waals surface area contributed by atoms with Gasteiger partial charge in [0.2, 0.25) is 0 Å². The van der Waals surface area contributed by atoms with E-state index in [-0.39, 0.29) is 5.57 Å². The van der Waals surface area contributed by atoms with Gasteiger partial charge in [-0.3, -0.25) is 4.79 Å². The molecule has 122 valence electrons. The van der Waals surface area contributed by atoms with E-state index in [4.69, 9.17) is 4.74 Å². The molecule has 0 unspecified atom stereocenters. The van der Waals surface area contributed by atoms with Gasteiger partial charge in [-0.2, -0.15) is 5.26 Å². The maximum Gasteiger partial charge on any atom is 0.266 e. The van der Waals surface area contributed by atoms with Crippen molar-refractivity contribution < 1.29 is 9.53 Å². The summed E-state index contributed by atoms with van der Waals surface area (Å²) in [4.78, 5) is 12.4. The molecule has 2 rings (SSSR count). The molecule has 0 aliphatic carbocycles. The van der Waals surface area contributed by atoms with Crippen LogP contribution in [-0.2, 0) is 4.79 Å². The van der Waals surface area contributed by atoms with Crippen LogP contribution >= 0.6 is 0 Å². The number of hydrogen-bond acceptors (Lipinski definition) is 3. The number of rotatable bonds is 5. The van der Waals surface area contributed by atoms with Crippen LogP contribution in [0.25, 0.3) is 6.08 Å². The van der Waals surface area contributed by atoms with Crippen molar-refractivity contribution in [1.82, 2.24) is 0 Å². The number of nitriles is 1. The van der Waals surface area contributed by atoms with Crippen molar-refractivity contribution >= 4 is 17.7 Å². The monoisotopic (exact) mass is 320 g/mol. The number of ether oxygens (including phenoxy) is 1. The van der Waals surface area contributed by atoms with Crippen molar-refractivity contribution in [2.24, 2.45) is 0 Å². The van der Waals surface area contributed by atoms with Crippen LogP contribution in [0, 0.1) is 25.2 Å². The summed E-state index contributed by atoms with van der Waals surface area (Å²) in [6.07, 6.45) is 1.57. The first-order valence-corrected chi connectivity index (χ1v) is 7.77. The highest BCUT2D eigenvalue weighted by molar-refractivity contribution is 6.10. The van der Waals surface area contributed by atoms with E-state index in [0.29, 0.717) is 12.3 Å². The molecule has 2 aromatic rings. The number of hydrogen-bond donors (Lipinski definition) is 1. The van der Waals surface area contributed by atoms with Crippen LogP contribution in [0.15, 0.2) is 48.0 Å². The summed E-state index contributed by atoms with van der Waals surface area (Å²) in [5, 5.41) is 12.1. The first-order chi connectivity index (χ1) is 11.5. The van der Waals surface area contributed by atoms with Gasteiger partial charge in [0.05, 0.1) is 6.61 Å². The van der Waals surface area contributed by atoms with Gasteiger partial charge in [0.25, 0.3) is 5.91 Å². The third kappa shape index (κ3) is 4.23. The Balaban J connectivity index is 2.19. The number of carbonyl (C=O) groups is 1. The Hall–Kier alpha value is -3.06. The summed E-state index contributed by atoms with van der Waals surface area (Å²) in [6.45, 7) is 6.43. The summed E-state index contributed by atoms with van der Waals surface area (Å²) in [5.74, 6) is 0.341.